The molecule has 3 nitrogen and oxygen atoms in total. The normalized spacial score (nSPS) is 14.2. The molecule has 0 radical (unpaired) electrons. The lowest BCUT2D eigenvalue weighted by Gasteiger charge is -2.12. The Kier molecular flexibility index (Phi) is 7.19. The van der Waals surface area contributed by atoms with Crippen molar-refractivity contribution in [3.63, 3.8) is 0 Å². The summed E-state index contributed by atoms with van der Waals surface area (Å²) >= 11 is 0. The first-order valence-corrected chi connectivity index (χ1v) is 7.18. The molecule has 0 aromatic heterocycles. The Labute approximate surface area is 88.2 Å². The topological polar surface area (TPSA) is 46.2 Å². The minimum atomic E-state index is -2.85. The smallest absolute Gasteiger partial charge is 0.153 e. The van der Waals surface area contributed by atoms with Crippen molar-refractivity contribution >= 4 is 9.84 Å². The van der Waals surface area contributed by atoms with Gasteiger partial charge in [-0.05, 0) is 19.9 Å². The molecule has 0 heterocycles. The van der Waals surface area contributed by atoms with Gasteiger partial charge in [-0.25, -0.2) is 8.42 Å². The van der Waals surface area contributed by atoms with Crippen LogP contribution in [0.3, 0.4) is 0 Å². The van der Waals surface area contributed by atoms with Gasteiger partial charge in [0.05, 0.1) is 5.25 Å². The zero-order chi connectivity index (χ0) is 11.0. The number of rotatable bonds is 8. The second-order valence-corrected chi connectivity index (χ2v) is 6.38. The molecule has 14 heavy (non-hydrogen) atoms. The molecule has 4 heteroatoms. The lowest BCUT2D eigenvalue weighted by atomic mass is 10.2. The van der Waals surface area contributed by atoms with Crippen LogP contribution in [0.2, 0.25) is 0 Å². The van der Waals surface area contributed by atoms with Crippen LogP contribution >= 0.6 is 0 Å². The molecule has 0 aliphatic heterocycles. The van der Waals surface area contributed by atoms with Gasteiger partial charge in [-0.3, -0.25) is 0 Å². The van der Waals surface area contributed by atoms with Crippen LogP contribution in [0.5, 0.6) is 0 Å². The quantitative estimate of drug-likeness (QED) is 0.633. The van der Waals surface area contributed by atoms with Crippen molar-refractivity contribution in [3.05, 3.63) is 0 Å². The molecule has 0 aromatic rings. The fraction of sp³-hybridized carbons (Fsp3) is 1.00. The van der Waals surface area contributed by atoms with E-state index in [4.69, 9.17) is 0 Å². The Hall–Kier alpha value is -0.0900. The molecule has 0 aromatic carbocycles. The summed E-state index contributed by atoms with van der Waals surface area (Å²) in [4.78, 5) is 0. The van der Waals surface area contributed by atoms with Gasteiger partial charge in [-0.1, -0.05) is 26.7 Å². The number of hydrogen-bond acceptors (Lipinski definition) is 3. The molecule has 86 valence electrons. The Morgan fingerprint density at radius 3 is 2.36 bits per heavy atom. The highest BCUT2D eigenvalue weighted by atomic mass is 32.2. The summed E-state index contributed by atoms with van der Waals surface area (Å²) in [6, 6.07) is 0. The van der Waals surface area contributed by atoms with E-state index in [0.717, 1.165) is 13.0 Å². The Balaban J connectivity index is 3.59. The van der Waals surface area contributed by atoms with E-state index in [1.54, 1.807) is 13.8 Å². The standard InChI is InChI=1S/C10H23NO2S/c1-4-6-7-8-11-9-10(3)14(12,13)5-2/h10-11H,4-9H2,1-3H3. The summed E-state index contributed by atoms with van der Waals surface area (Å²) in [6.07, 6.45) is 3.54. The molecule has 0 rings (SSSR count). The first-order chi connectivity index (χ1) is 6.54. The van der Waals surface area contributed by atoms with Gasteiger partial charge in [-0.15, -0.1) is 0 Å². The summed E-state index contributed by atoms with van der Waals surface area (Å²) in [7, 11) is -2.85. The molecule has 0 amide bonds. The molecular weight excluding hydrogens is 198 g/mol. The van der Waals surface area contributed by atoms with Crippen molar-refractivity contribution < 1.29 is 8.42 Å². The SMILES string of the molecule is CCCCCNCC(C)S(=O)(=O)CC. The van der Waals surface area contributed by atoms with Gasteiger partial charge in [0.25, 0.3) is 0 Å². The highest BCUT2D eigenvalue weighted by Gasteiger charge is 2.17. The predicted octanol–water partition coefficient (Wildman–Crippen LogP) is 1.59. The molecule has 1 N–H and O–H groups in total. The van der Waals surface area contributed by atoms with Crippen molar-refractivity contribution in [2.45, 2.75) is 45.3 Å². The van der Waals surface area contributed by atoms with Gasteiger partial charge >= 0.3 is 0 Å². The van der Waals surface area contributed by atoms with E-state index < -0.39 is 9.84 Å². The third-order valence-corrected chi connectivity index (χ3v) is 4.60. The number of nitrogens with one attached hydrogen (secondary N) is 1. The van der Waals surface area contributed by atoms with Crippen LogP contribution in [0.4, 0.5) is 0 Å². The first-order valence-electron chi connectivity index (χ1n) is 5.46. The third kappa shape index (κ3) is 5.60. The molecular formula is C10H23NO2S. The molecule has 0 saturated heterocycles. The average Bonchev–Trinajstić information content (AvgIpc) is 2.17. The van der Waals surface area contributed by atoms with Crippen LogP contribution in [0.25, 0.3) is 0 Å². The van der Waals surface area contributed by atoms with Crippen LogP contribution in [-0.2, 0) is 9.84 Å². The van der Waals surface area contributed by atoms with Gasteiger partial charge in [0.1, 0.15) is 0 Å². The zero-order valence-electron chi connectivity index (χ0n) is 9.54. The van der Waals surface area contributed by atoms with Crippen LogP contribution in [0, 0.1) is 0 Å². The molecule has 1 atom stereocenters. The molecule has 0 aliphatic carbocycles. The van der Waals surface area contributed by atoms with E-state index >= 15 is 0 Å². The molecule has 0 saturated carbocycles. The van der Waals surface area contributed by atoms with E-state index in [1.807, 2.05) is 0 Å². The van der Waals surface area contributed by atoms with Crippen LogP contribution in [0.1, 0.15) is 40.0 Å². The monoisotopic (exact) mass is 221 g/mol. The largest absolute Gasteiger partial charge is 0.315 e. The predicted molar refractivity (Wildman–Crippen MR) is 61.3 cm³/mol. The lowest BCUT2D eigenvalue weighted by Crippen LogP contribution is -2.32. The minimum Gasteiger partial charge on any atom is -0.315 e. The van der Waals surface area contributed by atoms with Gasteiger partial charge in [0.2, 0.25) is 0 Å². The fourth-order valence-electron chi connectivity index (χ4n) is 1.22. The summed E-state index contributed by atoms with van der Waals surface area (Å²) < 4.78 is 22.8. The van der Waals surface area contributed by atoms with Crippen LogP contribution in [0.15, 0.2) is 0 Å². The van der Waals surface area contributed by atoms with Crippen molar-refractivity contribution in [2.24, 2.45) is 0 Å². The summed E-state index contributed by atoms with van der Waals surface area (Å²) in [5.41, 5.74) is 0. The summed E-state index contributed by atoms with van der Waals surface area (Å²) in [5.74, 6) is 0.241. The van der Waals surface area contributed by atoms with E-state index in [2.05, 4.69) is 12.2 Å². The van der Waals surface area contributed by atoms with Crippen molar-refractivity contribution in [1.29, 1.82) is 0 Å². The molecule has 0 aliphatic rings. The van der Waals surface area contributed by atoms with Crippen LogP contribution in [-0.4, -0.2) is 32.5 Å². The highest BCUT2D eigenvalue weighted by molar-refractivity contribution is 7.92. The summed E-state index contributed by atoms with van der Waals surface area (Å²) in [6.45, 7) is 7.13. The third-order valence-electron chi connectivity index (χ3n) is 2.40. The fourth-order valence-corrected chi connectivity index (χ4v) is 2.16. The van der Waals surface area contributed by atoms with Gasteiger partial charge in [0, 0.05) is 12.3 Å². The zero-order valence-corrected chi connectivity index (χ0v) is 10.4. The van der Waals surface area contributed by atoms with E-state index in [1.165, 1.54) is 12.8 Å². The summed E-state index contributed by atoms with van der Waals surface area (Å²) in [5, 5.41) is 2.93. The number of sulfone groups is 1. The average molecular weight is 221 g/mol. The maximum Gasteiger partial charge on any atom is 0.153 e. The highest BCUT2D eigenvalue weighted by Crippen LogP contribution is 2.00. The minimum absolute atomic E-state index is 0.241. The molecule has 0 fully saturated rings. The van der Waals surface area contributed by atoms with Gasteiger partial charge in [-0.2, -0.15) is 0 Å². The second kappa shape index (κ2) is 7.23. The Morgan fingerprint density at radius 2 is 1.86 bits per heavy atom. The Bertz CT molecular complexity index is 224. The van der Waals surface area contributed by atoms with E-state index in [0.29, 0.717) is 6.54 Å². The first kappa shape index (κ1) is 13.9. The second-order valence-electron chi connectivity index (χ2n) is 3.67. The van der Waals surface area contributed by atoms with E-state index in [9.17, 15) is 8.42 Å². The molecule has 1 unspecified atom stereocenters. The van der Waals surface area contributed by atoms with E-state index in [-0.39, 0.29) is 11.0 Å². The van der Waals surface area contributed by atoms with Gasteiger partial charge in [0.15, 0.2) is 9.84 Å². The van der Waals surface area contributed by atoms with Crippen LogP contribution < -0.4 is 5.32 Å². The van der Waals surface area contributed by atoms with Gasteiger partial charge < -0.3 is 5.32 Å². The Morgan fingerprint density at radius 1 is 1.21 bits per heavy atom. The molecule has 0 bridgehead atoms. The maximum absolute atomic E-state index is 11.4. The number of hydrogen-bond donors (Lipinski definition) is 1. The maximum atomic E-state index is 11.4. The lowest BCUT2D eigenvalue weighted by molar-refractivity contribution is 0.565. The van der Waals surface area contributed by atoms with Crippen molar-refractivity contribution in [3.8, 4) is 0 Å². The van der Waals surface area contributed by atoms with Crippen molar-refractivity contribution in [2.75, 3.05) is 18.8 Å². The number of unbranched alkanes of at least 4 members (excludes halogenated alkanes) is 2. The molecule has 0 spiro atoms. The van der Waals surface area contributed by atoms with Crippen molar-refractivity contribution in [1.82, 2.24) is 5.32 Å².